The first kappa shape index (κ1) is 14.0. The van der Waals surface area contributed by atoms with Crippen molar-refractivity contribution < 1.29 is 17.9 Å². The molecule has 0 atom stereocenters. The van der Waals surface area contributed by atoms with E-state index < -0.39 is 16.0 Å². The van der Waals surface area contributed by atoms with Crippen LogP contribution in [0.4, 0.5) is 0 Å². The third kappa shape index (κ3) is 3.12. The fourth-order valence-electron chi connectivity index (χ4n) is 1.93. The lowest BCUT2D eigenvalue weighted by Gasteiger charge is -2.32. The molecule has 1 aromatic carbocycles. The molecular weight excluding hydrogens is 268 g/mol. The monoisotopic (exact) mass is 284 g/mol. The van der Waals surface area contributed by atoms with Crippen molar-refractivity contribution in [3.8, 4) is 0 Å². The Balaban J connectivity index is 2.10. The molecule has 0 radical (unpaired) electrons. The van der Waals surface area contributed by atoms with Crippen LogP contribution in [0.5, 0.6) is 0 Å². The van der Waals surface area contributed by atoms with Gasteiger partial charge < -0.3 is 10.5 Å². The third-order valence-electron chi connectivity index (χ3n) is 3.08. The van der Waals surface area contributed by atoms with Crippen molar-refractivity contribution in [1.82, 2.24) is 4.72 Å². The van der Waals surface area contributed by atoms with Gasteiger partial charge >= 0.3 is 5.97 Å². The summed E-state index contributed by atoms with van der Waals surface area (Å²) in [6.07, 6.45) is 1.30. The van der Waals surface area contributed by atoms with Crippen LogP contribution in [0, 0.1) is 0 Å². The summed E-state index contributed by atoms with van der Waals surface area (Å²) in [6, 6.07) is 5.59. The van der Waals surface area contributed by atoms with Crippen molar-refractivity contribution in [2.45, 2.75) is 29.8 Å². The number of benzene rings is 1. The number of nitrogens with one attached hydrogen (secondary N) is 1. The average Bonchev–Trinajstić information content (AvgIpc) is 2.36. The fourth-order valence-corrected chi connectivity index (χ4v) is 3.20. The zero-order chi connectivity index (χ0) is 14.0. The summed E-state index contributed by atoms with van der Waals surface area (Å²) in [5.41, 5.74) is 5.92. The number of ether oxygens (including phenoxy) is 1. The van der Waals surface area contributed by atoms with E-state index in [1.165, 1.54) is 31.4 Å². The fraction of sp³-hybridized carbons (Fsp3) is 0.417. The molecule has 0 spiro atoms. The van der Waals surface area contributed by atoms with Gasteiger partial charge in [0.25, 0.3) is 0 Å². The lowest BCUT2D eigenvalue weighted by atomic mass is 9.89. The van der Waals surface area contributed by atoms with Gasteiger partial charge in [-0.05, 0) is 37.1 Å². The van der Waals surface area contributed by atoms with Gasteiger partial charge in [-0.25, -0.2) is 17.9 Å². The van der Waals surface area contributed by atoms with E-state index in [1.807, 2.05) is 0 Å². The third-order valence-corrected chi connectivity index (χ3v) is 4.62. The Morgan fingerprint density at radius 3 is 2.37 bits per heavy atom. The highest BCUT2D eigenvalue weighted by molar-refractivity contribution is 7.89. The average molecular weight is 284 g/mol. The molecule has 19 heavy (non-hydrogen) atoms. The summed E-state index contributed by atoms with van der Waals surface area (Å²) < 4.78 is 31.2. The van der Waals surface area contributed by atoms with Gasteiger partial charge in [0, 0.05) is 12.1 Å². The molecular formula is C12H16N2O4S. The van der Waals surface area contributed by atoms with Crippen LogP contribution in [0.3, 0.4) is 0 Å². The first-order chi connectivity index (χ1) is 8.92. The van der Waals surface area contributed by atoms with E-state index >= 15 is 0 Å². The van der Waals surface area contributed by atoms with Gasteiger partial charge in [0.2, 0.25) is 10.0 Å². The number of carbonyl (C=O) groups excluding carboxylic acids is 1. The highest BCUT2D eigenvalue weighted by Crippen LogP contribution is 2.20. The molecule has 1 aromatic rings. The standard InChI is InChI=1S/C12H16N2O4S/c1-18-12(15)8-2-4-11(5-3-8)19(16,17)14-10-6-9(13)7-10/h2-5,9-10,14H,6-7,13H2,1H3. The van der Waals surface area contributed by atoms with Crippen molar-refractivity contribution >= 4 is 16.0 Å². The van der Waals surface area contributed by atoms with Crippen LogP contribution >= 0.6 is 0 Å². The lowest BCUT2D eigenvalue weighted by molar-refractivity contribution is 0.0600. The van der Waals surface area contributed by atoms with Crippen LogP contribution in [0.15, 0.2) is 29.2 Å². The highest BCUT2D eigenvalue weighted by atomic mass is 32.2. The molecule has 0 aromatic heterocycles. The second-order valence-electron chi connectivity index (χ2n) is 4.57. The largest absolute Gasteiger partial charge is 0.465 e. The molecule has 1 fully saturated rings. The number of methoxy groups -OCH3 is 1. The van der Waals surface area contributed by atoms with Crippen molar-refractivity contribution in [3.63, 3.8) is 0 Å². The van der Waals surface area contributed by atoms with Crippen LogP contribution in [0.2, 0.25) is 0 Å². The number of rotatable bonds is 4. The molecule has 1 aliphatic rings. The Labute approximate surface area is 112 Å². The highest BCUT2D eigenvalue weighted by Gasteiger charge is 2.30. The SMILES string of the molecule is COC(=O)c1ccc(S(=O)(=O)NC2CC(N)C2)cc1. The van der Waals surface area contributed by atoms with Gasteiger partial charge in [-0.2, -0.15) is 0 Å². The van der Waals surface area contributed by atoms with Crippen LogP contribution in [-0.2, 0) is 14.8 Å². The van der Waals surface area contributed by atoms with Crippen molar-refractivity contribution in [1.29, 1.82) is 0 Å². The molecule has 7 heteroatoms. The molecule has 6 nitrogen and oxygen atoms in total. The maximum Gasteiger partial charge on any atom is 0.337 e. The molecule has 1 saturated carbocycles. The number of esters is 1. The molecule has 0 heterocycles. The van der Waals surface area contributed by atoms with Crippen LogP contribution in [0.25, 0.3) is 0 Å². The van der Waals surface area contributed by atoms with Gasteiger partial charge in [-0.15, -0.1) is 0 Å². The molecule has 0 bridgehead atoms. The molecule has 2 rings (SSSR count). The molecule has 0 amide bonds. The summed E-state index contributed by atoms with van der Waals surface area (Å²) in [5, 5.41) is 0. The Kier molecular flexibility index (Phi) is 3.88. The first-order valence-corrected chi connectivity index (χ1v) is 7.37. The Bertz CT molecular complexity index is 562. The molecule has 0 unspecified atom stereocenters. The van der Waals surface area contributed by atoms with E-state index in [4.69, 9.17) is 5.73 Å². The Morgan fingerprint density at radius 1 is 1.32 bits per heavy atom. The van der Waals surface area contributed by atoms with Gasteiger partial charge in [-0.1, -0.05) is 0 Å². The minimum atomic E-state index is -3.55. The summed E-state index contributed by atoms with van der Waals surface area (Å²) in [6.45, 7) is 0. The normalized spacial score (nSPS) is 22.6. The summed E-state index contributed by atoms with van der Waals surface area (Å²) >= 11 is 0. The summed E-state index contributed by atoms with van der Waals surface area (Å²) in [4.78, 5) is 11.4. The number of hydrogen-bond donors (Lipinski definition) is 2. The topological polar surface area (TPSA) is 98.5 Å². The molecule has 1 aliphatic carbocycles. The van der Waals surface area contributed by atoms with E-state index in [-0.39, 0.29) is 17.0 Å². The van der Waals surface area contributed by atoms with Gasteiger partial charge in [0.1, 0.15) is 0 Å². The maximum atomic E-state index is 12.0. The number of nitrogens with two attached hydrogens (primary N) is 1. The maximum absolute atomic E-state index is 12.0. The van der Waals surface area contributed by atoms with E-state index in [0.717, 1.165) is 0 Å². The van der Waals surface area contributed by atoms with Crippen molar-refractivity contribution in [2.24, 2.45) is 5.73 Å². The predicted molar refractivity (Wildman–Crippen MR) is 69.1 cm³/mol. The lowest BCUT2D eigenvalue weighted by Crippen LogP contribution is -2.50. The number of hydrogen-bond acceptors (Lipinski definition) is 5. The quantitative estimate of drug-likeness (QED) is 0.772. The molecule has 0 aliphatic heterocycles. The van der Waals surface area contributed by atoms with Crippen LogP contribution < -0.4 is 10.5 Å². The Hall–Kier alpha value is -1.44. The smallest absolute Gasteiger partial charge is 0.337 e. The molecule has 104 valence electrons. The van der Waals surface area contributed by atoms with Crippen molar-refractivity contribution in [3.05, 3.63) is 29.8 Å². The second kappa shape index (κ2) is 5.28. The zero-order valence-corrected chi connectivity index (χ0v) is 11.3. The number of carbonyl (C=O) groups is 1. The zero-order valence-electron chi connectivity index (χ0n) is 10.5. The van der Waals surface area contributed by atoms with E-state index in [0.29, 0.717) is 18.4 Å². The molecule has 0 saturated heterocycles. The van der Waals surface area contributed by atoms with E-state index in [2.05, 4.69) is 9.46 Å². The first-order valence-electron chi connectivity index (χ1n) is 5.88. The van der Waals surface area contributed by atoms with Crippen LogP contribution in [-0.4, -0.2) is 33.6 Å². The second-order valence-corrected chi connectivity index (χ2v) is 6.28. The summed E-state index contributed by atoms with van der Waals surface area (Å²) in [5.74, 6) is -0.498. The van der Waals surface area contributed by atoms with Gasteiger partial charge in [0.05, 0.1) is 17.6 Å². The molecule has 3 N–H and O–H groups in total. The predicted octanol–water partition coefficient (Wildman–Crippen LogP) is 0.241. The minimum absolute atomic E-state index is 0.0781. The van der Waals surface area contributed by atoms with E-state index in [9.17, 15) is 13.2 Å². The van der Waals surface area contributed by atoms with E-state index in [1.54, 1.807) is 0 Å². The van der Waals surface area contributed by atoms with Crippen molar-refractivity contribution in [2.75, 3.05) is 7.11 Å². The van der Waals surface area contributed by atoms with Crippen LogP contribution in [0.1, 0.15) is 23.2 Å². The Morgan fingerprint density at radius 2 is 1.89 bits per heavy atom. The van der Waals surface area contributed by atoms with Gasteiger partial charge in [0.15, 0.2) is 0 Å². The minimum Gasteiger partial charge on any atom is -0.465 e. The number of sulfonamides is 1. The summed E-state index contributed by atoms with van der Waals surface area (Å²) in [7, 11) is -2.28. The van der Waals surface area contributed by atoms with Gasteiger partial charge in [-0.3, -0.25) is 0 Å².